The molecule has 4 rings (SSSR count). The summed E-state index contributed by atoms with van der Waals surface area (Å²) in [6, 6.07) is 17.9. The number of tetrazole rings is 1. The number of hydrogen-bond donors (Lipinski definition) is 2. The molecular formula is C19H22N7O+. The second kappa shape index (κ2) is 7.96. The Morgan fingerprint density at radius 2 is 1.74 bits per heavy atom. The van der Waals surface area contributed by atoms with Gasteiger partial charge in [-0.05, 0) is 46.8 Å². The minimum absolute atomic E-state index is 0.0355. The van der Waals surface area contributed by atoms with Gasteiger partial charge in [-0.3, -0.25) is 4.79 Å². The number of nitrogens with zero attached hydrogens (tertiary/aromatic N) is 5. The molecule has 1 aliphatic rings. The van der Waals surface area contributed by atoms with Crippen molar-refractivity contribution < 1.29 is 9.69 Å². The molecule has 0 spiro atoms. The van der Waals surface area contributed by atoms with E-state index in [0.29, 0.717) is 6.54 Å². The molecule has 27 heavy (non-hydrogen) atoms. The highest BCUT2D eigenvalue weighted by molar-refractivity contribution is 5.91. The number of carbonyl (C=O) groups is 1. The largest absolute Gasteiger partial charge is 0.360 e. The average Bonchev–Trinajstić information content (AvgIpc) is 3.25. The van der Waals surface area contributed by atoms with E-state index in [1.165, 1.54) is 16.9 Å². The Hall–Kier alpha value is -3.26. The van der Waals surface area contributed by atoms with Gasteiger partial charge >= 0.3 is 0 Å². The number of rotatable bonds is 5. The predicted molar refractivity (Wildman–Crippen MR) is 102 cm³/mol. The van der Waals surface area contributed by atoms with Gasteiger partial charge in [0.2, 0.25) is 0 Å². The third kappa shape index (κ3) is 4.29. The first-order valence-corrected chi connectivity index (χ1v) is 9.05. The van der Waals surface area contributed by atoms with E-state index in [0.717, 1.165) is 37.6 Å². The number of benzene rings is 2. The number of piperazine rings is 1. The summed E-state index contributed by atoms with van der Waals surface area (Å²) < 4.78 is 1.57. The first kappa shape index (κ1) is 17.2. The fourth-order valence-corrected chi connectivity index (χ4v) is 3.31. The Labute approximate surface area is 157 Å². The molecule has 8 nitrogen and oxygen atoms in total. The number of amides is 1. The number of para-hydroxylation sites is 1. The van der Waals surface area contributed by atoms with Crippen LogP contribution in [-0.4, -0.2) is 58.8 Å². The van der Waals surface area contributed by atoms with Crippen molar-refractivity contribution in [3.05, 3.63) is 60.9 Å². The molecule has 0 bridgehead atoms. The average molecular weight is 364 g/mol. The molecule has 1 amide bonds. The Bertz CT molecular complexity index is 857. The molecule has 0 aliphatic carbocycles. The number of anilines is 2. The van der Waals surface area contributed by atoms with E-state index in [1.54, 1.807) is 4.68 Å². The lowest BCUT2D eigenvalue weighted by Gasteiger charge is -2.33. The van der Waals surface area contributed by atoms with E-state index in [2.05, 4.69) is 50.0 Å². The Balaban J connectivity index is 1.26. The van der Waals surface area contributed by atoms with Crippen LogP contribution >= 0.6 is 0 Å². The van der Waals surface area contributed by atoms with Gasteiger partial charge in [0.05, 0.1) is 31.9 Å². The van der Waals surface area contributed by atoms with Crippen LogP contribution in [0.2, 0.25) is 0 Å². The van der Waals surface area contributed by atoms with Crippen LogP contribution in [0.25, 0.3) is 5.69 Å². The number of carbonyl (C=O) groups excluding carboxylic acids is 1. The summed E-state index contributed by atoms with van der Waals surface area (Å²) in [5, 5.41) is 14.0. The molecule has 2 heterocycles. The summed E-state index contributed by atoms with van der Waals surface area (Å²) in [6.07, 6.45) is 1.53. The van der Waals surface area contributed by atoms with Crippen LogP contribution in [0.1, 0.15) is 0 Å². The molecule has 0 radical (unpaired) electrons. The zero-order chi connectivity index (χ0) is 18.5. The van der Waals surface area contributed by atoms with E-state index in [9.17, 15) is 4.79 Å². The molecule has 1 aromatic heterocycles. The van der Waals surface area contributed by atoms with Crippen LogP contribution < -0.4 is 15.1 Å². The molecule has 138 valence electrons. The second-order valence-electron chi connectivity index (χ2n) is 6.60. The number of hydrogen-bond acceptors (Lipinski definition) is 5. The van der Waals surface area contributed by atoms with Crippen LogP contribution in [0.3, 0.4) is 0 Å². The summed E-state index contributed by atoms with van der Waals surface area (Å²) in [5.41, 5.74) is 2.88. The normalized spacial score (nSPS) is 14.9. The first-order chi connectivity index (χ1) is 13.3. The quantitative estimate of drug-likeness (QED) is 0.667. The lowest BCUT2D eigenvalue weighted by molar-refractivity contribution is -0.892. The molecular weight excluding hydrogens is 342 g/mol. The fourth-order valence-electron chi connectivity index (χ4n) is 3.31. The maximum Gasteiger partial charge on any atom is 0.279 e. The van der Waals surface area contributed by atoms with Crippen molar-refractivity contribution in [1.82, 2.24) is 20.2 Å². The molecule has 0 unspecified atom stereocenters. The van der Waals surface area contributed by atoms with Gasteiger partial charge in [0.1, 0.15) is 6.33 Å². The predicted octanol–water partition coefficient (Wildman–Crippen LogP) is 0.00590. The topological polar surface area (TPSA) is 80.4 Å². The third-order valence-corrected chi connectivity index (χ3v) is 4.77. The lowest BCUT2D eigenvalue weighted by atomic mass is 10.2. The minimum atomic E-state index is 0.0355. The van der Waals surface area contributed by atoms with Gasteiger partial charge in [-0.2, -0.15) is 0 Å². The standard InChI is InChI=1S/C19H21N7O/c27-19(21-16-6-8-18(9-7-16)26-15-20-22-23-26)14-24-10-12-25(13-11-24)17-4-2-1-3-5-17/h1-9,15H,10-14H2,(H,21,27)/p+1. The zero-order valence-corrected chi connectivity index (χ0v) is 15.0. The van der Waals surface area contributed by atoms with Crippen molar-refractivity contribution >= 4 is 17.3 Å². The third-order valence-electron chi connectivity index (χ3n) is 4.77. The Morgan fingerprint density at radius 3 is 2.41 bits per heavy atom. The van der Waals surface area contributed by atoms with E-state index in [-0.39, 0.29) is 5.91 Å². The van der Waals surface area contributed by atoms with Gasteiger partial charge in [-0.25, -0.2) is 4.68 Å². The second-order valence-corrected chi connectivity index (χ2v) is 6.60. The van der Waals surface area contributed by atoms with Gasteiger partial charge in [0, 0.05) is 11.4 Å². The van der Waals surface area contributed by atoms with Gasteiger partial charge in [0.25, 0.3) is 5.91 Å². The number of aromatic nitrogens is 4. The molecule has 8 heteroatoms. The van der Waals surface area contributed by atoms with Crippen molar-refractivity contribution in [3.8, 4) is 5.69 Å². The summed E-state index contributed by atoms with van der Waals surface area (Å²) in [6.45, 7) is 4.33. The minimum Gasteiger partial charge on any atom is -0.360 e. The van der Waals surface area contributed by atoms with Crippen LogP contribution in [0.5, 0.6) is 0 Å². The Morgan fingerprint density at radius 1 is 1.00 bits per heavy atom. The highest BCUT2D eigenvalue weighted by Gasteiger charge is 2.22. The van der Waals surface area contributed by atoms with E-state index in [1.807, 2.05) is 30.3 Å². The lowest BCUT2D eigenvalue weighted by Crippen LogP contribution is -3.15. The van der Waals surface area contributed by atoms with Gasteiger partial charge < -0.3 is 15.1 Å². The molecule has 1 saturated heterocycles. The molecule has 2 aromatic carbocycles. The maximum atomic E-state index is 12.4. The van der Waals surface area contributed by atoms with Crippen molar-refractivity contribution in [1.29, 1.82) is 0 Å². The maximum absolute atomic E-state index is 12.4. The van der Waals surface area contributed by atoms with Gasteiger partial charge in [-0.1, -0.05) is 18.2 Å². The van der Waals surface area contributed by atoms with E-state index in [4.69, 9.17) is 0 Å². The molecule has 0 atom stereocenters. The summed E-state index contributed by atoms with van der Waals surface area (Å²) in [7, 11) is 0. The smallest absolute Gasteiger partial charge is 0.279 e. The van der Waals surface area contributed by atoms with Crippen LogP contribution in [-0.2, 0) is 4.79 Å². The summed E-state index contributed by atoms with van der Waals surface area (Å²) >= 11 is 0. The number of quaternary nitrogens is 1. The van der Waals surface area contributed by atoms with Crippen LogP contribution in [0.15, 0.2) is 60.9 Å². The van der Waals surface area contributed by atoms with Crippen molar-refractivity contribution in [3.63, 3.8) is 0 Å². The van der Waals surface area contributed by atoms with Gasteiger partial charge in [-0.15, -0.1) is 5.10 Å². The monoisotopic (exact) mass is 364 g/mol. The molecule has 1 fully saturated rings. The van der Waals surface area contributed by atoms with Gasteiger partial charge in [0.15, 0.2) is 6.54 Å². The molecule has 2 N–H and O–H groups in total. The zero-order valence-electron chi connectivity index (χ0n) is 15.0. The van der Waals surface area contributed by atoms with Crippen molar-refractivity contribution in [2.45, 2.75) is 0 Å². The first-order valence-electron chi connectivity index (χ1n) is 9.05. The van der Waals surface area contributed by atoms with Crippen LogP contribution in [0, 0.1) is 0 Å². The molecule has 1 aliphatic heterocycles. The van der Waals surface area contributed by atoms with Crippen molar-refractivity contribution in [2.75, 3.05) is 42.9 Å². The molecule has 3 aromatic rings. The highest BCUT2D eigenvalue weighted by Crippen LogP contribution is 2.13. The number of nitrogens with one attached hydrogen (secondary N) is 2. The summed E-state index contributed by atoms with van der Waals surface area (Å²) in [4.78, 5) is 16.0. The molecule has 0 saturated carbocycles. The summed E-state index contributed by atoms with van der Waals surface area (Å²) in [5.74, 6) is 0.0355. The van der Waals surface area contributed by atoms with Crippen molar-refractivity contribution in [2.24, 2.45) is 0 Å². The van der Waals surface area contributed by atoms with Crippen LogP contribution in [0.4, 0.5) is 11.4 Å². The Kier molecular flexibility index (Phi) is 5.06. The SMILES string of the molecule is O=C(C[NH+]1CCN(c2ccccc2)CC1)Nc1ccc(-n2cnnn2)cc1. The van der Waals surface area contributed by atoms with E-state index >= 15 is 0 Å². The van der Waals surface area contributed by atoms with E-state index < -0.39 is 0 Å². The highest BCUT2D eigenvalue weighted by atomic mass is 16.2. The fraction of sp³-hybridized carbons (Fsp3) is 0.263.